The number of rotatable bonds is 6. The Balaban J connectivity index is 1.25. The Morgan fingerprint density at radius 3 is 2.57 bits per heavy atom. The number of aryl methyl sites for hydroxylation is 3. The highest BCUT2D eigenvalue weighted by molar-refractivity contribution is 7.99. The molecule has 0 fully saturated rings. The lowest BCUT2D eigenvalue weighted by atomic mass is 10.2. The zero-order valence-corrected chi connectivity index (χ0v) is 20.2. The number of carbonyl (C=O) groups excluding carboxylic acids is 1. The molecule has 5 aromatic rings. The van der Waals surface area contributed by atoms with Crippen LogP contribution in [0.3, 0.4) is 0 Å². The van der Waals surface area contributed by atoms with E-state index in [4.69, 9.17) is 4.42 Å². The normalized spacial score (nSPS) is 10.9. The number of nitrogens with zero attached hydrogens (tertiary/aromatic N) is 3. The number of nitrogens with one attached hydrogen (secondary N) is 4. The summed E-state index contributed by atoms with van der Waals surface area (Å²) in [5, 5.41) is 17.4. The van der Waals surface area contributed by atoms with Crippen molar-refractivity contribution in [3.8, 4) is 0 Å². The first kappa shape index (κ1) is 22.5. The van der Waals surface area contributed by atoms with E-state index in [1.807, 2.05) is 75.4 Å². The number of amides is 2. The van der Waals surface area contributed by atoms with E-state index < -0.39 is 0 Å². The van der Waals surface area contributed by atoms with Crippen LogP contribution < -0.4 is 16.0 Å². The predicted octanol–water partition coefficient (Wildman–Crippen LogP) is 6.41. The minimum atomic E-state index is -0.379. The second kappa shape index (κ2) is 9.51. The summed E-state index contributed by atoms with van der Waals surface area (Å²) in [7, 11) is 0. The molecule has 10 heteroatoms. The standard InChI is InChI=1S/C25H23N7O2S/c1-14-10-18(27-24(33)30-23-13-17-6-4-5-7-19(17)34-23)8-9-20(14)35-25-26-15(2)11-21(29-25)28-22-12-16(3)31-32-22/h4-13H,1-3H3,(H2,27,30,33)(H2,26,28,29,31,32). The largest absolute Gasteiger partial charge is 0.440 e. The Bertz CT molecular complexity index is 1490. The van der Waals surface area contributed by atoms with Gasteiger partial charge in [0.05, 0.1) is 5.69 Å². The van der Waals surface area contributed by atoms with Gasteiger partial charge in [0.2, 0.25) is 5.88 Å². The summed E-state index contributed by atoms with van der Waals surface area (Å²) in [4.78, 5) is 22.6. The lowest BCUT2D eigenvalue weighted by Gasteiger charge is -2.10. The molecule has 0 spiro atoms. The van der Waals surface area contributed by atoms with Gasteiger partial charge in [0.15, 0.2) is 5.16 Å². The number of fused-ring (bicyclic) bond motifs is 1. The molecule has 2 amide bonds. The van der Waals surface area contributed by atoms with Crippen molar-refractivity contribution >= 4 is 52.0 Å². The van der Waals surface area contributed by atoms with Crippen molar-refractivity contribution in [2.45, 2.75) is 30.8 Å². The molecular weight excluding hydrogens is 462 g/mol. The lowest BCUT2D eigenvalue weighted by Crippen LogP contribution is -2.19. The van der Waals surface area contributed by atoms with Gasteiger partial charge in [0.25, 0.3) is 0 Å². The molecule has 0 saturated carbocycles. The first-order chi connectivity index (χ1) is 16.9. The van der Waals surface area contributed by atoms with Crippen LogP contribution in [-0.4, -0.2) is 26.2 Å². The van der Waals surface area contributed by atoms with Crippen molar-refractivity contribution in [2.75, 3.05) is 16.0 Å². The van der Waals surface area contributed by atoms with Gasteiger partial charge in [-0.05, 0) is 62.4 Å². The molecule has 176 valence electrons. The third-order valence-corrected chi connectivity index (χ3v) is 6.14. The van der Waals surface area contributed by atoms with Gasteiger partial charge in [0, 0.05) is 39.9 Å². The summed E-state index contributed by atoms with van der Waals surface area (Å²) in [5.74, 6) is 1.84. The summed E-state index contributed by atoms with van der Waals surface area (Å²) in [6, 6.07) is 18.5. The Kier molecular flexibility index (Phi) is 6.11. The third-order valence-electron chi connectivity index (χ3n) is 5.10. The second-order valence-electron chi connectivity index (χ2n) is 8.04. The van der Waals surface area contributed by atoms with Gasteiger partial charge < -0.3 is 15.1 Å². The Morgan fingerprint density at radius 2 is 1.80 bits per heavy atom. The highest BCUT2D eigenvalue weighted by Crippen LogP contribution is 2.31. The Labute approximate surface area is 205 Å². The molecule has 2 aromatic carbocycles. The molecule has 9 nitrogen and oxygen atoms in total. The molecule has 0 unspecified atom stereocenters. The van der Waals surface area contributed by atoms with Crippen molar-refractivity contribution in [3.63, 3.8) is 0 Å². The molecule has 0 saturated heterocycles. The van der Waals surface area contributed by atoms with E-state index >= 15 is 0 Å². The molecule has 0 atom stereocenters. The van der Waals surface area contributed by atoms with Crippen LogP contribution in [0.2, 0.25) is 0 Å². The number of furan rings is 1. The van der Waals surface area contributed by atoms with Crippen LogP contribution in [0.1, 0.15) is 17.0 Å². The minimum Gasteiger partial charge on any atom is -0.440 e. The quantitative estimate of drug-likeness (QED) is 0.205. The van der Waals surface area contributed by atoms with E-state index in [0.717, 1.165) is 38.6 Å². The van der Waals surface area contributed by atoms with Crippen LogP contribution in [0.4, 0.5) is 28.0 Å². The summed E-state index contributed by atoms with van der Waals surface area (Å²) in [5.41, 5.74) is 4.11. The SMILES string of the molecule is Cc1cc(Nc2cc(C)nc(Sc3ccc(NC(=O)Nc4cc5ccccc5o4)cc3C)n2)[nH]n1. The number of carbonyl (C=O) groups is 1. The maximum absolute atomic E-state index is 12.5. The fraction of sp³-hybridized carbons (Fsp3) is 0.120. The predicted molar refractivity (Wildman–Crippen MR) is 138 cm³/mol. The van der Waals surface area contributed by atoms with E-state index in [2.05, 4.69) is 36.1 Å². The minimum absolute atomic E-state index is 0.379. The molecule has 4 N–H and O–H groups in total. The van der Waals surface area contributed by atoms with Crippen molar-refractivity contribution in [1.82, 2.24) is 20.2 Å². The van der Waals surface area contributed by atoms with Gasteiger partial charge in [-0.15, -0.1) is 0 Å². The molecule has 0 aliphatic heterocycles. The van der Waals surface area contributed by atoms with Gasteiger partial charge >= 0.3 is 6.03 Å². The van der Waals surface area contributed by atoms with Crippen LogP contribution in [0.15, 0.2) is 75.1 Å². The fourth-order valence-electron chi connectivity index (χ4n) is 3.53. The Hall–Kier alpha value is -4.31. The van der Waals surface area contributed by atoms with Gasteiger partial charge in [-0.1, -0.05) is 18.2 Å². The number of para-hydroxylation sites is 1. The maximum atomic E-state index is 12.5. The van der Waals surface area contributed by atoms with Crippen LogP contribution >= 0.6 is 11.8 Å². The van der Waals surface area contributed by atoms with E-state index in [0.29, 0.717) is 22.5 Å². The second-order valence-corrected chi connectivity index (χ2v) is 9.04. The topological polar surface area (TPSA) is 121 Å². The molecule has 0 aliphatic carbocycles. The number of aromatic nitrogens is 4. The number of urea groups is 1. The van der Waals surface area contributed by atoms with Crippen molar-refractivity contribution in [1.29, 1.82) is 0 Å². The average Bonchev–Trinajstić information content (AvgIpc) is 3.40. The molecular formula is C25H23N7O2S. The van der Waals surface area contributed by atoms with Crippen LogP contribution in [-0.2, 0) is 0 Å². The maximum Gasteiger partial charge on any atom is 0.326 e. The summed E-state index contributed by atoms with van der Waals surface area (Å²) >= 11 is 1.46. The Morgan fingerprint density at radius 1 is 0.943 bits per heavy atom. The third kappa shape index (κ3) is 5.44. The van der Waals surface area contributed by atoms with E-state index in [1.54, 1.807) is 6.07 Å². The van der Waals surface area contributed by atoms with Gasteiger partial charge in [-0.3, -0.25) is 10.4 Å². The lowest BCUT2D eigenvalue weighted by molar-refractivity contribution is 0.261. The zero-order valence-electron chi connectivity index (χ0n) is 19.3. The highest BCUT2D eigenvalue weighted by Gasteiger charge is 2.11. The first-order valence-electron chi connectivity index (χ1n) is 10.9. The summed E-state index contributed by atoms with van der Waals surface area (Å²) in [6.45, 7) is 5.82. The molecule has 3 heterocycles. The number of benzene rings is 2. The molecule has 3 aromatic heterocycles. The number of aromatic amines is 1. The monoisotopic (exact) mass is 485 g/mol. The van der Waals surface area contributed by atoms with Crippen molar-refractivity contribution in [3.05, 3.63) is 77.6 Å². The molecule has 0 bridgehead atoms. The molecule has 5 rings (SSSR count). The van der Waals surface area contributed by atoms with Gasteiger partial charge in [-0.25, -0.2) is 14.8 Å². The van der Waals surface area contributed by atoms with Crippen molar-refractivity contribution < 1.29 is 9.21 Å². The van der Waals surface area contributed by atoms with E-state index in [-0.39, 0.29) is 6.03 Å². The summed E-state index contributed by atoms with van der Waals surface area (Å²) < 4.78 is 5.64. The number of hydrogen-bond donors (Lipinski definition) is 4. The van der Waals surface area contributed by atoms with Gasteiger partial charge in [-0.2, -0.15) is 5.10 Å². The number of anilines is 4. The van der Waals surface area contributed by atoms with Crippen LogP contribution in [0, 0.1) is 20.8 Å². The number of H-pyrrole nitrogens is 1. The van der Waals surface area contributed by atoms with Crippen LogP contribution in [0.25, 0.3) is 11.0 Å². The van der Waals surface area contributed by atoms with Crippen LogP contribution in [0.5, 0.6) is 0 Å². The zero-order chi connectivity index (χ0) is 24.4. The highest BCUT2D eigenvalue weighted by atomic mass is 32.2. The molecule has 0 radical (unpaired) electrons. The molecule has 0 aliphatic rings. The van der Waals surface area contributed by atoms with E-state index in [1.165, 1.54) is 11.8 Å². The van der Waals surface area contributed by atoms with Crippen molar-refractivity contribution in [2.24, 2.45) is 0 Å². The smallest absolute Gasteiger partial charge is 0.326 e. The number of hydrogen-bond acceptors (Lipinski definition) is 7. The molecule has 35 heavy (non-hydrogen) atoms. The van der Waals surface area contributed by atoms with Gasteiger partial charge in [0.1, 0.15) is 17.2 Å². The fourth-order valence-corrected chi connectivity index (χ4v) is 4.42. The van der Waals surface area contributed by atoms with E-state index in [9.17, 15) is 4.79 Å². The average molecular weight is 486 g/mol. The summed E-state index contributed by atoms with van der Waals surface area (Å²) in [6.07, 6.45) is 0. The first-order valence-corrected chi connectivity index (χ1v) is 11.7.